The first-order valence-corrected chi connectivity index (χ1v) is 8.89. The van der Waals surface area contributed by atoms with Gasteiger partial charge in [0.1, 0.15) is 0 Å². The van der Waals surface area contributed by atoms with Gasteiger partial charge in [-0.15, -0.1) is 0 Å². The lowest BCUT2D eigenvalue weighted by atomic mass is 15.8. The second kappa shape index (κ2) is 10.7. The van der Waals surface area contributed by atoms with Crippen LogP contribution in [-0.2, 0) is 29.9 Å². The van der Waals surface area contributed by atoms with Crippen molar-refractivity contribution in [1.82, 2.24) is 0 Å². The van der Waals surface area contributed by atoms with Crippen LogP contribution in [0.1, 0.15) is 0 Å². The van der Waals surface area contributed by atoms with Crippen LogP contribution in [0.2, 0.25) is 0 Å². The smallest absolute Gasteiger partial charge is 0.303 e. The fraction of sp³-hybridized carbons (Fsp3) is 0. The molecule has 20 heavy (non-hydrogen) atoms. The molecule has 0 radical (unpaired) electrons. The Hall–Kier alpha value is -0.0400. The van der Waals surface area contributed by atoms with E-state index in [0.717, 1.165) is 0 Å². The Balaban J connectivity index is -0.0000000853. The van der Waals surface area contributed by atoms with E-state index in [0.29, 0.717) is 0 Å². The maximum atomic E-state index is 8.88. The summed E-state index contributed by atoms with van der Waals surface area (Å²) in [7, 11) is -18.6. The monoisotopic (exact) mass is 392 g/mol. The van der Waals surface area contributed by atoms with Crippen LogP contribution < -0.4 is 0 Å². The minimum atomic E-state index is -4.67. The molecule has 0 heterocycles. The lowest BCUT2D eigenvalue weighted by Crippen LogP contribution is -1.89. The van der Waals surface area contributed by atoms with Crippen molar-refractivity contribution in [2.45, 2.75) is 0 Å². The summed E-state index contributed by atoms with van der Waals surface area (Å²) in [4.78, 5) is 43.1. The van der Waals surface area contributed by atoms with Gasteiger partial charge in [-0.3, -0.25) is 18.2 Å². The first kappa shape index (κ1) is 28.2. The van der Waals surface area contributed by atoms with E-state index in [-0.39, 0.29) is 0 Å². The second-order valence-electron chi connectivity index (χ2n) is 1.92. The minimum Gasteiger partial charge on any atom is -0.303 e. The van der Waals surface area contributed by atoms with Crippen LogP contribution in [0, 0.1) is 0 Å². The maximum Gasteiger partial charge on any atom is 0.466 e. The molecule has 0 amide bonds. The van der Waals surface area contributed by atoms with Crippen LogP contribution in [0.5, 0.6) is 0 Å². The molecule has 0 aromatic carbocycles. The van der Waals surface area contributed by atoms with Crippen molar-refractivity contribution in [3.63, 3.8) is 0 Å². The molecule has 16 nitrogen and oxygen atoms in total. The lowest BCUT2D eigenvalue weighted by molar-refractivity contribution is 0.272. The highest BCUT2D eigenvalue weighted by Gasteiger charge is 2.00. The van der Waals surface area contributed by atoms with Crippen LogP contribution in [0.15, 0.2) is 0 Å². The van der Waals surface area contributed by atoms with E-state index in [1.54, 1.807) is 0 Å². The molecule has 20 heteroatoms. The third kappa shape index (κ3) is 3230000. The molecule has 10 N–H and O–H groups in total. The highest BCUT2D eigenvalue weighted by molar-refractivity contribution is 7.80. The standard InChI is InChI=1S/2H3O4P.2H2O4S/c4*1-5(2,3)4/h2*(H3,1,2,3,4);2*(H2,1,2,3,4). The fourth-order valence-corrected chi connectivity index (χ4v) is 0. The van der Waals surface area contributed by atoms with Gasteiger partial charge < -0.3 is 29.4 Å². The van der Waals surface area contributed by atoms with Gasteiger partial charge in [0.15, 0.2) is 0 Å². The molecule has 0 aliphatic heterocycles. The van der Waals surface area contributed by atoms with E-state index in [4.69, 9.17) is 73.5 Å². The molecule has 0 aromatic heterocycles. The zero-order valence-corrected chi connectivity index (χ0v) is 12.1. The van der Waals surface area contributed by atoms with E-state index in [1.165, 1.54) is 0 Å². The average molecular weight is 392 g/mol. The van der Waals surface area contributed by atoms with Crippen LogP contribution in [-0.4, -0.2) is 64.4 Å². The predicted octanol–water partition coefficient (Wildman–Crippen LogP) is -3.16. The van der Waals surface area contributed by atoms with Gasteiger partial charge in [0.25, 0.3) is 0 Å². The summed E-state index contributed by atoms with van der Waals surface area (Å²) < 4.78 is 80.9. The van der Waals surface area contributed by atoms with Gasteiger partial charge in [-0.2, -0.15) is 16.8 Å². The Morgan fingerprint density at radius 1 is 0.500 bits per heavy atom. The van der Waals surface area contributed by atoms with Gasteiger partial charge in [0.05, 0.1) is 0 Å². The summed E-state index contributed by atoms with van der Waals surface area (Å²) in [5.74, 6) is 0. The first-order valence-electron chi connectivity index (χ1n) is 2.96. The molecule has 0 unspecified atom stereocenters. The van der Waals surface area contributed by atoms with Crippen molar-refractivity contribution >= 4 is 36.4 Å². The predicted molar refractivity (Wildman–Crippen MR) is 56.9 cm³/mol. The molecule has 0 aliphatic rings. The van der Waals surface area contributed by atoms with E-state index < -0.39 is 36.4 Å². The molecule has 0 rings (SSSR count). The van der Waals surface area contributed by atoms with Gasteiger partial charge in [-0.25, -0.2) is 9.13 Å². The number of hydrogen-bond donors (Lipinski definition) is 10. The van der Waals surface area contributed by atoms with Crippen molar-refractivity contribution in [2.24, 2.45) is 0 Å². The normalized spacial score (nSPS) is 11.7. The molecule has 0 saturated carbocycles. The SMILES string of the molecule is O=P(O)(O)O.O=P(O)(O)O.O=S(=O)(O)O.O=S(=O)(O)O. The largest absolute Gasteiger partial charge is 0.466 e. The van der Waals surface area contributed by atoms with Crippen molar-refractivity contribution in [3.8, 4) is 0 Å². The Morgan fingerprint density at radius 2 is 0.500 bits per heavy atom. The molecule has 0 aliphatic carbocycles. The fourth-order valence-electron chi connectivity index (χ4n) is 0. The van der Waals surface area contributed by atoms with Gasteiger partial charge >= 0.3 is 36.4 Å². The zero-order chi connectivity index (χ0) is 18.0. The second-order valence-corrected chi connectivity index (χ2v) is 5.77. The highest BCUT2D eigenvalue weighted by Crippen LogP contribution is 2.26. The molecular formula is H10O16P2S2. The molecule has 0 aromatic rings. The molecular weight excluding hydrogens is 382 g/mol. The summed E-state index contributed by atoms with van der Waals surface area (Å²) in [6.07, 6.45) is 0. The summed E-state index contributed by atoms with van der Waals surface area (Å²) in [6.45, 7) is 0. The number of phosphoric acid groups is 2. The molecule has 0 bridgehead atoms. The Kier molecular flexibility index (Phi) is 15.0. The van der Waals surface area contributed by atoms with E-state index in [1.807, 2.05) is 0 Å². The quantitative estimate of drug-likeness (QED) is 0.143. The number of rotatable bonds is 0. The van der Waals surface area contributed by atoms with Gasteiger partial charge in [0, 0.05) is 0 Å². The molecule has 0 spiro atoms. The average Bonchev–Trinajstić information content (AvgIpc) is 1.62. The Labute approximate surface area is 111 Å². The Morgan fingerprint density at radius 3 is 0.500 bits per heavy atom. The third-order valence-corrected chi connectivity index (χ3v) is 0. The van der Waals surface area contributed by atoms with Crippen molar-refractivity contribution in [1.29, 1.82) is 0 Å². The zero-order valence-electron chi connectivity index (χ0n) is 8.63. The lowest BCUT2D eigenvalue weighted by Gasteiger charge is -1.82. The molecule has 0 saturated heterocycles. The molecule has 128 valence electrons. The van der Waals surface area contributed by atoms with Crippen LogP contribution in [0.3, 0.4) is 0 Å². The topological polar surface area (TPSA) is 305 Å². The van der Waals surface area contributed by atoms with E-state index >= 15 is 0 Å². The first-order chi connectivity index (χ1) is 8.00. The van der Waals surface area contributed by atoms with Crippen LogP contribution >= 0.6 is 15.6 Å². The Bertz CT molecular complexity index is 424. The summed E-state index contributed by atoms with van der Waals surface area (Å²) in [6, 6.07) is 0. The summed E-state index contributed by atoms with van der Waals surface area (Å²) >= 11 is 0. The molecule has 0 atom stereocenters. The van der Waals surface area contributed by atoms with Gasteiger partial charge in [-0.05, 0) is 0 Å². The van der Waals surface area contributed by atoms with Crippen molar-refractivity contribution in [2.75, 3.05) is 0 Å². The minimum absolute atomic E-state index is 4.64. The van der Waals surface area contributed by atoms with E-state index in [9.17, 15) is 0 Å². The van der Waals surface area contributed by atoms with Crippen LogP contribution in [0.4, 0.5) is 0 Å². The van der Waals surface area contributed by atoms with Crippen molar-refractivity contribution in [3.05, 3.63) is 0 Å². The third-order valence-electron chi connectivity index (χ3n) is 0. The summed E-state index contributed by atoms with van der Waals surface area (Å²) in [5, 5.41) is 0. The van der Waals surface area contributed by atoms with Gasteiger partial charge in [0.2, 0.25) is 0 Å². The highest BCUT2D eigenvalue weighted by atomic mass is 32.3. The van der Waals surface area contributed by atoms with E-state index in [2.05, 4.69) is 0 Å². The van der Waals surface area contributed by atoms with Crippen LogP contribution in [0.25, 0.3) is 0 Å². The number of hydrogen-bond acceptors (Lipinski definition) is 6. The summed E-state index contributed by atoms with van der Waals surface area (Å²) in [5.41, 5.74) is 0. The van der Waals surface area contributed by atoms with Gasteiger partial charge in [-0.1, -0.05) is 0 Å². The maximum absolute atomic E-state index is 8.88. The molecule has 0 fully saturated rings. The van der Waals surface area contributed by atoms with Crippen molar-refractivity contribution < 1.29 is 73.5 Å².